The van der Waals surface area contributed by atoms with Crippen LogP contribution in [-0.2, 0) is 11.2 Å². The highest BCUT2D eigenvalue weighted by molar-refractivity contribution is 5.82. The van der Waals surface area contributed by atoms with Crippen LogP contribution in [0.15, 0.2) is 6.33 Å². The molecule has 0 aliphatic carbocycles. The van der Waals surface area contributed by atoms with Crippen LogP contribution >= 0.6 is 0 Å². The van der Waals surface area contributed by atoms with E-state index in [1.165, 1.54) is 6.33 Å². The summed E-state index contributed by atoms with van der Waals surface area (Å²) in [6.07, 6.45) is 3.00. The van der Waals surface area contributed by atoms with Crippen molar-refractivity contribution < 1.29 is 14.7 Å². The highest BCUT2D eigenvalue weighted by Gasteiger charge is 2.18. The molecule has 1 aromatic heterocycles. The third kappa shape index (κ3) is 4.81. The zero-order chi connectivity index (χ0) is 13.4. The topological polar surface area (TPSA) is 120 Å². The average molecular weight is 255 g/mol. The van der Waals surface area contributed by atoms with Crippen LogP contribution in [0, 0.1) is 0 Å². The maximum absolute atomic E-state index is 11.4. The monoisotopic (exact) mass is 255 g/mol. The molecule has 18 heavy (non-hydrogen) atoms. The summed E-state index contributed by atoms with van der Waals surface area (Å²) in [6, 6.07) is -1.34. The average Bonchev–Trinajstić information content (AvgIpc) is 2.81. The maximum atomic E-state index is 11.4. The van der Waals surface area contributed by atoms with Crippen LogP contribution in [0.5, 0.6) is 0 Å². The number of aromatic amines is 1. The number of hydrogen-bond acceptors (Lipinski definition) is 4. The highest BCUT2D eigenvalue weighted by Crippen LogP contribution is 1.96. The van der Waals surface area contributed by atoms with Gasteiger partial charge in [0.25, 0.3) is 0 Å². The highest BCUT2D eigenvalue weighted by atomic mass is 16.4. The van der Waals surface area contributed by atoms with E-state index in [0.29, 0.717) is 31.6 Å². The number of carboxylic acid groups (broad SMARTS) is 1. The first-order valence-corrected chi connectivity index (χ1v) is 5.75. The Labute approximate surface area is 104 Å². The van der Waals surface area contributed by atoms with Crippen molar-refractivity contribution in [3.63, 3.8) is 0 Å². The summed E-state index contributed by atoms with van der Waals surface area (Å²) >= 11 is 0. The molecule has 0 radical (unpaired) electrons. The van der Waals surface area contributed by atoms with Crippen molar-refractivity contribution in [2.75, 3.05) is 6.54 Å². The van der Waals surface area contributed by atoms with Crippen molar-refractivity contribution in [1.29, 1.82) is 0 Å². The Bertz CT molecular complexity index is 379. The van der Waals surface area contributed by atoms with Gasteiger partial charge in [-0.1, -0.05) is 13.3 Å². The van der Waals surface area contributed by atoms with Gasteiger partial charge in [-0.15, -0.1) is 0 Å². The number of aliphatic carboxylic acids is 1. The molecule has 0 unspecified atom stereocenters. The van der Waals surface area contributed by atoms with Gasteiger partial charge in [-0.3, -0.25) is 5.10 Å². The molecular weight excluding hydrogens is 238 g/mol. The van der Waals surface area contributed by atoms with Gasteiger partial charge in [-0.2, -0.15) is 5.10 Å². The zero-order valence-electron chi connectivity index (χ0n) is 10.1. The van der Waals surface area contributed by atoms with Crippen LogP contribution in [-0.4, -0.2) is 44.9 Å². The molecule has 0 aliphatic rings. The first-order chi connectivity index (χ1) is 8.63. The van der Waals surface area contributed by atoms with E-state index in [0.717, 1.165) is 0 Å². The van der Waals surface area contributed by atoms with E-state index in [-0.39, 0.29) is 0 Å². The van der Waals surface area contributed by atoms with Crippen LogP contribution in [0.2, 0.25) is 0 Å². The number of carboxylic acids is 1. The maximum Gasteiger partial charge on any atom is 0.326 e. The van der Waals surface area contributed by atoms with Crippen LogP contribution < -0.4 is 10.6 Å². The molecule has 0 aliphatic heterocycles. The van der Waals surface area contributed by atoms with Crippen molar-refractivity contribution in [2.24, 2.45) is 0 Å². The molecule has 4 N–H and O–H groups in total. The van der Waals surface area contributed by atoms with Gasteiger partial charge in [0.05, 0.1) is 0 Å². The second-order valence-electron chi connectivity index (χ2n) is 3.76. The lowest BCUT2D eigenvalue weighted by Crippen LogP contribution is -2.46. The third-order valence-electron chi connectivity index (χ3n) is 2.29. The number of H-pyrrole nitrogens is 1. The quantitative estimate of drug-likeness (QED) is 0.542. The third-order valence-corrected chi connectivity index (χ3v) is 2.29. The molecule has 100 valence electrons. The van der Waals surface area contributed by atoms with Crippen LogP contribution in [0.4, 0.5) is 4.79 Å². The Hall–Kier alpha value is -2.12. The summed E-state index contributed by atoms with van der Waals surface area (Å²) in [4.78, 5) is 26.1. The van der Waals surface area contributed by atoms with E-state index in [4.69, 9.17) is 5.11 Å². The number of nitrogens with one attached hydrogen (secondary N) is 3. The van der Waals surface area contributed by atoms with Gasteiger partial charge in [0.1, 0.15) is 18.2 Å². The molecular formula is C10H17N5O3. The van der Waals surface area contributed by atoms with Crippen LogP contribution in [0.25, 0.3) is 0 Å². The molecule has 0 fully saturated rings. The Morgan fingerprint density at radius 1 is 1.56 bits per heavy atom. The number of carbonyl (C=O) groups is 2. The largest absolute Gasteiger partial charge is 0.480 e. The van der Waals surface area contributed by atoms with E-state index in [1.807, 2.05) is 6.92 Å². The predicted molar refractivity (Wildman–Crippen MR) is 63.0 cm³/mol. The number of urea groups is 1. The molecule has 0 bridgehead atoms. The number of nitrogens with zero attached hydrogens (tertiary/aromatic N) is 2. The fourth-order valence-corrected chi connectivity index (χ4v) is 1.40. The molecule has 0 spiro atoms. The van der Waals surface area contributed by atoms with E-state index < -0.39 is 18.0 Å². The lowest BCUT2D eigenvalue weighted by atomic mass is 10.2. The van der Waals surface area contributed by atoms with Crippen LogP contribution in [0.3, 0.4) is 0 Å². The van der Waals surface area contributed by atoms with E-state index in [9.17, 15) is 9.59 Å². The summed E-state index contributed by atoms with van der Waals surface area (Å²) in [5.74, 6) is -0.360. The predicted octanol–water partition coefficient (Wildman–Crippen LogP) is -0.100. The van der Waals surface area contributed by atoms with Crippen molar-refractivity contribution in [3.05, 3.63) is 12.2 Å². The van der Waals surface area contributed by atoms with E-state index in [2.05, 4.69) is 25.8 Å². The lowest BCUT2D eigenvalue weighted by molar-refractivity contribution is -0.139. The first-order valence-electron chi connectivity index (χ1n) is 5.75. The number of hydrogen-bond donors (Lipinski definition) is 4. The first kappa shape index (κ1) is 13.9. The summed E-state index contributed by atoms with van der Waals surface area (Å²) in [5.41, 5.74) is 0. The minimum atomic E-state index is -1.03. The second-order valence-corrected chi connectivity index (χ2v) is 3.76. The number of carbonyl (C=O) groups excluding carboxylic acids is 1. The number of rotatable bonds is 7. The normalized spacial score (nSPS) is 11.8. The molecule has 0 saturated carbocycles. The molecule has 1 heterocycles. The van der Waals surface area contributed by atoms with Gasteiger partial charge < -0.3 is 15.7 Å². The van der Waals surface area contributed by atoms with Crippen molar-refractivity contribution in [2.45, 2.75) is 32.2 Å². The van der Waals surface area contributed by atoms with Gasteiger partial charge >= 0.3 is 12.0 Å². The Kier molecular flexibility index (Phi) is 5.62. The van der Waals surface area contributed by atoms with Crippen LogP contribution in [0.1, 0.15) is 25.6 Å². The van der Waals surface area contributed by atoms with E-state index >= 15 is 0 Å². The molecule has 8 heteroatoms. The summed E-state index contributed by atoms with van der Waals surface area (Å²) in [7, 11) is 0. The Morgan fingerprint density at radius 2 is 2.33 bits per heavy atom. The van der Waals surface area contributed by atoms with Crippen molar-refractivity contribution >= 4 is 12.0 Å². The van der Waals surface area contributed by atoms with Crippen molar-refractivity contribution in [3.8, 4) is 0 Å². The number of aromatic nitrogens is 3. The fourth-order valence-electron chi connectivity index (χ4n) is 1.40. The smallest absolute Gasteiger partial charge is 0.326 e. The lowest BCUT2D eigenvalue weighted by Gasteiger charge is -2.13. The Balaban J connectivity index is 2.25. The summed E-state index contributed by atoms with van der Waals surface area (Å²) in [6.45, 7) is 2.22. The molecule has 8 nitrogen and oxygen atoms in total. The molecule has 0 aromatic carbocycles. The minimum absolute atomic E-state index is 0.361. The molecule has 2 amide bonds. The summed E-state index contributed by atoms with van der Waals surface area (Å²) in [5, 5.41) is 20.2. The SMILES string of the molecule is CCC[C@H](NC(=O)NCCc1ncn[nH]1)C(=O)O. The van der Waals surface area contributed by atoms with Gasteiger partial charge in [0.2, 0.25) is 0 Å². The zero-order valence-corrected chi connectivity index (χ0v) is 10.1. The fraction of sp³-hybridized carbons (Fsp3) is 0.600. The van der Waals surface area contributed by atoms with Gasteiger partial charge in [-0.05, 0) is 6.42 Å². The van der Waals surface area contributed by atoms with Crippen molar-refractivity contribution in [1.82, 2.24) is 25.8 Å². The number of amides is 2. The molecule has 1 rings (SSSR count). The second kappa shape index (κ2) is 7.25. The molecule has 1 atom stereocenters. The van der Waals surface area contributed by atoms with Gasteiger partial charge in [0.15, 0.2) is 0 Å². The summed E-state index contributed by atoms with van der Waals surface area (Å²) < 4.78 is 0. The minimum Gasteiger partial charge on any atom is -0.480 e. The molecule has 0 saturated heterocycles. The Morgan fingerprint density at radius 3 is 2.89 bits per heavy atom. The van der Waals surface area contributed by atoms with E-state index in [1.54, 1.807) is 0 Å². The standard InChI is InChI=1S/C10H17N5O3/c1-2-3-7(9(16)17)14-10(18)11-5-4-8-12-6-13-15-8/h6-7H,2-5H2,1H3,(H,16,17)(H2,11,14,18)(H,12,13,15)/t7-/m0/s1. The molecule has 1 aromatic rings. The van der Waals surface area contributed by atoms with Gasteiger partial charge in [-0.25, -0.2) is 14.6 Å². The van der Waals surface area contributed by atoms with Gasteiger partial charge in [0, 0.05) is 13.0 Å².